The number of benzene rings is 1. The number of anilines is 1. The number of aliphatic hydroxyl groups excluding tert-OH is 1. The zero-order chi connectivity index (χ0) is 15.9. The van der Waals surface area contributed by atoms with Gasteiger partial charge in [-0.25, -0.2) is 0 Å². The third-order valence-electron chi connectivity index (χ3n) is 4.50. The van der Waals surface area contributed by atoms with Crippen LogP contribution in [-0.2, 0) is 0 Å². The van der Waals surface area contributed by atoms with Gasteiger partial charge in [-0.05, 0) is 44.0 Å². The quantitative estimate of drug-likeness (QED) is 0.774. The normalized spacial score (nSPS) is 11.3. The Hall–Kier alpha value is -1.55. The van der Waals surface area contributed by atoms with Gasteiger partial charge in [0, 0.05) is 36.8 Å². The van der Waals surface area contributed by atoms with Crippen LogP contribution < -0.4 is 10.2 Å². The molecule has 4 heteroatoms. The number of hydrogen-bond acceptors (Lipinski definition) is 3. The number of aliphatic hydroxyl groups is 1. The molecule has 2 N–H and O–H groups in total. The maximum atomic E-state index is 12.2. The summed E-state index contributed by atoms with van der Waals surface area (Å²) in [7, 11) is 2.02. The molecule has 0 saturated heterocycles. The first kappa shape index (κ1) is 17.5. The number of amides is 1. The van der Waals surface area contributed by atoms with Crippen LogP contribution in [0.25, 0.3) is 0 Å². The van der Waals surface area contributed by atoms with Crippen molar-refractivity contribution in [3.05, 3.63) is 29.8 Å². The van der Waals surface area contributed by atoms with E-state index < -0.39 is 0 Å². The Labute approximate surface area is 128 Å². The molecule has 21 heavy (non-hydrogen) atoms. The van der Waals surface area contributed by atoms with E-state index in [0.29, 0.717) is 12.1 Å². The summed E-state index contributed by atoms with van der Waals surface area (Å²) in [5.74, 6) is -0.0829. The maximum absolute atomic E-state index is 12.2. The van der Waals surface area contributed by atoms with Crippen molar-refractivity contribution in [3.63, 3.8) is 0 Å². The van der Waals surface area contributed by atoms with Crippen molar-refractivity contribution in [2.45, 2.75) is 33.6 Å². The first-order chi connectivity index (χ1) is 10.0. The topological polar surface area (TPSA) is 52.6 Å². The minimum Gasteiger partial charge on any atom is -0.396 e. The average molecular weight is 292 g/mol. The maximum Gasteiger partial charge on any atom is 0.251 e. The monoisotopic (exact) mass is 292 g/mol. The van der Waals surface area contributed by atoms with Crippen LogP contribution in [0.3, 0.4) is 0 Å². The minimum absolute atomic E-state index is 0.0829. The van der Waals surface area contributed by atoms with Gasteiger partial charge in [-0.1, -0.05) is 13.8 Å². The highest BCUT2D eigenvalue weighted by atomic mass is 16.3. The molecule has 0 atom stereocenters. The Bertz CT molecular complexity index is 430. The minimum atomic E-state index is -0.210. The summed E-state index contributed by atoms with van der Waals surface area (Å²) in [6.45, 7) is 7.71. The van der Waals surface area contributed by atoms with Crippen LogP contribution in [0.15, 0.2) is 24.3 Å². The molecule has 0 fully saturated rings. The second-order valence-electron chi connectivity index (χ2n) is 5.61. The standard InChI is InChI=1S/C17H28N2O2/c1-5-17(6-2,13-20)12-18-16(21)14-8-10-15(11-9-14)19(4)7-3/h8-11,20H,5-7,12-13H2,1-4H3,(H,18,21). The van der Waals surface area contributed by atoms with Crippen LogP contribution >= 0.6 is 0 Å². The Balaban J connectivity index is 2.68. The van der Waals surface area contributed by atoms with Crippen molar-refractivity contribution in [1.29, 1.82) is 0 Å². The summed E-state index contributed by atoms with van der Waals surface area (Å²) < 4.78 is 0. The van der Waals surface area contributed by atoms with Gasteiger partial charge in [0.25, 0.3) is 5.91 Å². The molecular formula is C17H28N2O2. The number of rotatable bonds is 8. The average Bonchev–Trinajstić information content (AvgIpc) is 2.55. The number of carbonyl (C=O) groups is 1. The van der Waals surface area contributed by atoms with Gasteiger partial charge in [0.05, 0.1) is 6.61 Å². The molecule has 0 aromatic heterocycles. The Morgan fingerprint density at radius 3 is 2.19 bits per heavy atom. The predicted octanol–water partition coefficient (Wildman–Crippen LogP) is 2.67. The van der Waals surface area contributed by atoms with E-state index in [4.69, 9.17) is 0 Å². The summed E-state index contributed by atoms with van der Waals surface area (Å²) in [4.78, 5) is 14.3. The van der Waals surface area contributed by atoms with Crippen molar-refractivity contribution in [3.8, 4) is 0 Å². The van der Waals surface area contributed by atoms with Gasteiger partial charge in [-0.2, -0.15) is 0 Å². The van der Waals surface area contributed by atoms with E-state index in [9.17, 15) is 9.90 Å². The van der Waals surface area contributed by atoms with Gasteiger partial charge in [-0.3, -0.25) is 4.79 Å². The Morgan fingerprint density at radius 1 is 1.19 bits per heavy atom. The highest BCUT2D eigenvalue weighted by Crippen LogP contribution is 2.24. The molecule has 118 valence electrons. The van der Waals surface area contributed by atoms with Gasteiger partial charge in [0.15, 0.2) is 0 Å². The highest BCUT2D eigenvalue weighted by molar-refractivity contribution is 5.94. The van der Waals surface area contributed by atoms with Gasteiger partial charge in [0.2, 0.25) is 0 Å². The fourth-order valence-electron chi connectivity index (χ4n) is 2.20. The van der Waals surface area contributed by atoms with Crippen molar-refractivity contribution in [1.82, 2.24) is 5.32 Å². The lowest BCUT2D eigenvalue weighted by molar-refractivity contribution is 0.0851. The van der Waals surface area contributed by atoms with E-state index >= 15 is 0 Å². The number of hydrogen-bond donors (Lipinski definition) is 2. The molecule has 1 amide bonds. The lowest BCUT2D eigenvalue weighted by Crippen LogP contribution is -2.39. The molecule has 0 radical (unpaired) electrons. The number of nitrogens with zero attached hydrogens (tertiary/aromatic N) is 1. The largest absolute Gasteiger partial charge is 0.396 e. The van der Waals surface area contributed by atoms with E-state index in [1.165, 1.54) is 0 Å². The van der Waals surface area contributed by atoms with Crippen LogP contribution in [0.5, 0.6) is 0 Å². The zero-order valence-corrected chi connectivity index (χ0v) is 13.6. The fraction of sp³-hybridized carbons (Fsp3) is 0.588. The predicted molar refractivity (Wildman–Crippen MR) is 87.8 cm³/mol. The molecule has 0 aliphatic rings. The molecule has 0 saturated carbocycles. The van der Waals surface area contributed by atoms with Crippen molar-refractivity contribution in [2.24, 2.45) is 5.41 Å². The van der Waals surface area contributed by atoms with E-state index in [1.54, 1.807) is 0 Å². The molecule has 1 rings (SSSR count). The SMILES string of the molecule is CCN(C)c1ccc(C(=O)NCC(CC)(CC)CO)cc1. The molecular weight excluding hydrogens is 264 g/mol. The molecule has 4 nitrogen and oxygen atoms in total. The summed E-state index contributed by atoms with van der Waals surface area (Å²) in [5.41, 5.74) is 1.54. The van der Waals surface area contributed by atoms with Crippen LogP contribution in [-0.4, -0.2) is 37.8 Å². The third-order valence-corrected chi connectivity index (χ3v) is 4.50. The first-order valence-electron chi connectivity index (χ1n) is 7.72. The second kappa shape index (κ2) is 8.03. The molecule has 1 aromatic rings. The van der Waals surface area contributed by atoms with Gasteiger partial charge in [-0.15, -0.1) is 0 Å². The molecule has 0 aliphatic carbocycles. The molecule has 0 bridgehead atoms. The van der Waals surface area contributed by atoms with Gasteiger partial charge < -0.3 is 15.3 Å². The molecule has 1 aromatic carbocycles. The molecule has 0 aliphatic heterocycles. The third kappa shape index (κ3) is 4.46. The van der Waals surface area contributed by atoms with Crippen molar-refractivity contribution >= 4 is 11.6 Å². The summed E-state index contributed by atoms with van der Waals surface area (Å²) in [5, 5.41) is 12.5. The van der Waals surface area contributed by atoms with Gasteiger partial charge in [0.1, 0.15) is 0 Å². The van der Waals surface area contributed by atoms with E-state index in [1.807, 2.05) is 45.2 Å². The first-order valence-corrected chi connectivity index (χ1v) is 7.72. The summed E-state index contributed by atoms with van der Waals surface area (Å²) in [6.07, 6.45) is 1.70. The molecule has 0 heterocycles. The van der Waals surface area contributed by atoms with E-state index in [0.717, 1.165) is 25.1 Å². The number of carbonyl (C=O) groups excluding carboxylic acids is 1. The summed E-state index contributed by atoms with van der Waals surface area (Å²) in [6, 6.07) is 7.60. The fourth-order valence-corrected chi connectivity index (χ4v) is 2.20. The lowest BCUT2D eigenvalue weighted by Gasteiger charge is -2.29. The van der Waals surface area contributed by atoms with Crippen LogP contribution in [0.2, 0.25) is 0 Å². The van der Waals surface area contributed by atoms with Gasteiger partial charge >= 0.3 is 0 Å². The lowest BCUT2D eigenvalue weighted by atomic mass is 9.83. The Kier molecular flexibility index (Phi) is 6.69. The second-order valence-corrected chi connectivity index (χ2v) is 5.61. The van der Waals surface area contributed by atoms with Crippen LogP contribution in [0, 0.1) is 5.41 Å². The van der Waals surface area contributed by atoms with E-state index in [-0.39, 0.29) is 17.9 Å². The summed E-state index contributed by atoms with van der Waals surface area (Å²) >= 11 is 0. The zero-order valence-electron chi connectivity index (χ0n) is 13.6. The molecule has 0 spiro atoms. The van der Waals surface area contributed by atoms with Crippen LogP contribution in [0.4, 0.5) is 5.69 Å². The van der Waals surface area contributed by atoms with Crippen LogP contribution in [0.1, 0.15) is 44.0 Å². The molecule has 0 unspecified atom stereocenters. The van der Waals surface area contributed by atoms with Crippen molar-refractivity contribution < 1.29 is 9.90 Å². The van der Waals surface area contributed by atoms with Crippen molar-refractivity contribution in [2.75, 3.05) is 31.6 Å². The number of nitrogens with one attached hydrogen (secondary N) is 1. The highest BCUT2D eigenvalue weighted by Gasteiger charge is 2.25. The smallest absolute Gasteiger partial charge is 0.251 e. The Morgan fingerprint density at radius 2 is 1.76 bits per heavy atom. The van der Waals surface area contributed by atoms with E-state index in [2.05, 4.69) is 17.1 Å².